The number of rotatable bonds is 3. The number of carbonyl (C=O) groups excluding carboxylic acids is 2. The van der Waals surface area contributed by atoms with Gasteiger partial charge in [0.1, 0.15) is 6.61 Å². The van der Waals surface area contributed by atoms with Crippen molar-refractivity contribution in [2.45, 2.75) is 38.6 Å². The van der Waals surface area contributed by atoms with Gasteiger partial charge in [0.2, 0.25) is 0 Å². The zero-order chi connectivity index (χ0) is 16.7. The van der Waals surface area contributed by atoms with Gasteiger partial charge in [0.05, 0.1) is 18.2 Å². The van der Waals surface area contributed by atoms with Crippen LogP contribution < -0.4 is 5.32 Å². The van der Waals surface area contributed by atoms with E-state index in [1.54, 1.807) is 0 Å². The Balaban J connectivity index is 1.67. The van der Waals surface area contributed by atoms with Gasteiger partial charge in [-0.25, -0.2) is 4.68 Å². The van der Waals surface area contributed by atoms with E-state index in [-0.39, 0.29) is 30.9 Å². The largest absolute Gasteiger partial charge is 0.463 e. The average molecular weight is 325 g/mol. The number of ether oxygens (including phenoxy) is 1. The molecule has 0 radical (unpaired) electrons. The first-order valence-electron chi connectivity index (χ1n) is 8.27. The van der Waals surface area contributed by atoms with Crippen LogP contribution >= 0.6 is 0 Å². The van der Waals surface area contributed by atoms with Crippen molar-refractivity contribution >= 4 is 11.9 Å². The van der Waals surface area contributed by atoms with Crippen LogP contribution in [0.4, 0.5) is 0 Å². The molecule has 1 amide bonds. The molecule has 2 heterocycles. The van der Waals surface area contributed by atoms with E-state index in [2.05, 4.69) is 10.4 Å². The molecule has 1 aromatic heterocycles. The Morgan fingerprint density at radius 2 is 2.17 bits per heavy atom. The fourth-order valence-corrected chi connectivity index (χ4v) is 3.48. The molecule has 1 aliphatic carbocycles. The lowest BCUT2D eigenvalue weighted by Gasteiger charge is -2.09. The predicted molar refractivity (Wildman–Crippen MR) is 87.2 cm³/mol. The van der Waals surface area contributed by atoms with Gasteiger partial charge in [0, 0.05) is 11.3 Å². The zero-order valence-corrected chi connectivity index (χ0v) is 13.5. The summed E-state index contributed by atoms with van der Waals surface area (Å²) in [5.41, 5.74) is 4.75. The summed E-state index contributed by atoms with van der Waals surface area (Å²) in [5.74, 6) is -0.486. The lowest BCUT2D eigenvalue weighted by Crippen LogP contribution is -2.35. The van der Waals surface area contributed by atoms with E-state index in [0.717, 1.165) is 41.8 Å². The summed E-state index contributed by atoms with van der Waals surface area (Å²) in [6, 6.07) is 7.77. The Labute approximate surface area is 139 Å². The predicted octanol–water partition coefficient (Wildman–Crippen LogP) is 1.71. The summed E-state index contributed by atoms with van der Waals surface area (Å²) in [4.78, 5) is 23.8. The molecule has 124 valence electrons. The fourth-order valence-electron chi connectivity index (χ4n) is 3.48. The van der Waals surface area contributed by atoms with Crippen molar-refractivity contribution in [2.75, 3.05) is 6.61 Å². The maximum absolute atomic E-state index is 12.6. The van der Waals surface area contributed by atoms with Gasteiger partial charge in [0.25, 0.3) is 5.91 Å². The number of aromatic nitrogens is 2. The average Bonchev–Trinajstić information content (AvgIpc) is 3.24. The first kappa shape index (κ1) is 14.9. The molecule has 24 heavy (non-hydrogen) atoms. The molecule has 1 aliphatic heterocycles. The molecule has 2 aliphatic rings. The molecule has 0 unspecified atom stereocenters. The smallest absolute Gasteiger partial charge is 0.308 e. The summed E-state index contributed by atoms with van der Waals surface area (Å²) < 4.78 is 6.81. The molecular weight excluding hydrogens is 306 g/mol. The molecule has 1 atom stereocenters. The number of para-hydroxylation sites is 1. The van der Waals surface area contributed by atoms with Crippen LogP contribution in [0.5, 0.6) is 0 Å². The summed E-state index contributed by atoms with van der Waals surface area (Å²) in [5, 5.41) is 7.48. The lowest BCUT2D eigenvalue weighted by molar-refractivity contribution is -0.137. The standard InChI is InChI=1S/C18H19N3O3/c1-11-5-2-3-7-14(11)21-15-8-4-6-13(15)17(20-21)18(23)19-12-9-16(22)24-10-12/h2-3,5,7,12H,4,6,8-10H2,1H3,(H,19,23)/t12-/m0/s1. The molecule has 1 saturated heterocycles. The molecule has 2 aromatic rings. The summed E-state index contributed by atoms with van der Waals surface area (Å²) in [6.07, 6.45) is 3.05. The minimum Gasteiger partial charge on any atom is -0.463 e. The van der Waals surface area contributed by atoms with Crippen molar-refractivity contribution in [2.24, 2.45) is 0 Å². The quantitative estimate of drug-likeness (QED) is 0.872. The highest BCUT2D eigenvalue weighted by Gasteiger charge is 2.30. The van der Waals surface area contributed by atoms with E-state index in [9.17, 15) is 9.59 Å². The Morgan fingerprint density at radius 3 is 2.92 bits per heavy atom. The highest BCUT2D eigenvalue weighted by atomic mass is 16.5. The Kier molecular flexibility index (Phi) is 3.59. The number of benzene rings is 1. The number of nitrogens with one attached hydrogen (secondary N) is 1. The van der Waals surface area contributed by atoms with Gasteiger partial charge in [-0.1, -0.05) is 18.2 Å². The molecule has 0 saturated carbocycles. The Hall–Kier alpha value is -2.63. The van der Waals surface area contributed by atoms with Gasteiger partial charge < -0.3 is 10.1 Å². The third-order valence-corrected chi connectivity index (χ3v) is 4.68. The SMILES string of the molecule is Cc1ccccc1-n1nc(C(=O)N[C@@H]2COC(=O)C2)c2c1CCC2. The highest BCUT2D eigenvalue weighted by Crippen LogP contribution is 2.29. The molecule has 0 bridgehead atoms. The maximum atomic E-state index is 12.6. The third kappa shape index (κ3) is 2.48. The zero-order valence-electron chi connectivity index (χ0n) is 13.5. The first-order valence-corrected chi connectivity index (χ1v) is 8.27. The maximum Gasteiger partial charge on any atom is 0.308 e. The number of carbonyl (C=O) groups is 2. The molecule has 6 nitrogen and oxygen atoms in total. The van der Waals surface area contributed by atoms with E-state index in [0.29, 0.717) is 5.69 Å². The van der Waals surface area contributed by atoms with Crippen molar-refractivity contribution in [1.29, 1.82) is 0 Å². The van der Waals surface area contributed by atoms with E-state index >= 15 is 0 Å². The van der Waals surface area contributed by atoms with Gasteiger partial charge in [-0.2, -0.15) is 5.10 Å². The van der Waals surface area contributed by atoms with Gasteiger partial charge in [0.15, 0.2) is 5.69 Å². The number of nitrogens with zero attached hydrogens (tertiary/aromatic N) is 2. The second-order valence-corrected chi connectivity index (χ2v) is 6.38. The van der Waals surface area contributed by atoms with Crippen molar-refractivity contribution in [3.05, 3.63) is 46.8 Å². The summed E-state index contributed by atoms with van der Waals surface area (Å²) in [6.45, 7) is 2.28. The van der Waals surface area contributed by atoms with Crippen molar-refractivity contribution in [3.63, 3.8) is 0 Å². The molecule has 6 heteroatoms. The van der Waals surface area contributed by atoms with Crippen LogP contribution in [0.15, 0.2) is 24.3 Å². The first-order chi connectivity index (χ1) is 11.6. The van der Waals surface area contributed by atoms with Crippen LogP contribution in [0.2, 0.25) is 0 Å². The number of aryl methyl sites for hydroxylation is 1. The van der Waals surface area contributed by atoms with E-state index in [1.807, 2.05) is 35.9 Å². The van der Waals surface area contributed by atoms with Crippen LogP contribution in [-0.2, 0) is 22.4 Å². The second-order valence-electron chi connectivity index (χ2n) is 6.38. The van der Waals surface area contributed by atoms with Crippen LogP contribution in [0.3, 0.4) is 0 Å². The monoisotopic (exact) mass is 325 g/mol. The number of amides is 1. The van der Waals surface area contributed by atoms with Gasteiger partial charge in [-0.3, -0.25) is 9.59 Å². The summed E-state index contributed by atoms with van der Waals surface area (Å²) >= 11 is 0. The summed E-state index contributed by atoms with van der Waals surface area (Å²) in [7, 11) is 0. The molecule has 1 aromatic carbocycles. The number of hydrogen-bond acceptors (Lipinski definition) is 4. The number of cyclic esters (lactones) is 1. The van der Waals surface area contributed by atoms with Crippen LogP contribution in [0.1, 0.15) is 40.2 Å². The Bertz CT molecular complexity index is 825. The van der Waals surface area contributed by atoms with Gasteiger partial charge >= 0.3 is 5.97 Å². The van der Waals surface area contributed by atoms with Crippen LogP contribution in [0.25, 0.3) is 5.69 Å². The lowest BCUT2D eigenvalue weighted by atomic mass is 10.1. The minimum absolute atomic E-state index is 0.219. The van der Waals surface area contributed by atoms with Crippen molar-refractivity contribution in [3.8, 4) is 5.69 Å². The van der Waals surface area contributed by atoms with Crippen LogP contribution in [0, 0.1) is 6.92 Å². The molecular formula is C18H19N3O3. The highest BCUT2D eigenvalue weighted by molar-refractivity contribution is 5.95. The minimum atomic E-state index is -0.268. The number of hydrogen-bond donors (Lipinski definition) is 1. The second kappa shape index (κ2) is 5.78. The van der Waals surface area contributed by atoms with E-state index in [4.69, 9.17) is 4.74 Å². The van der Waals surface area contributed by atoms with E-state index < -0.39 is 0 Å². The molecule has 1 N–H and O–H groups in total. The van der Waals surface area contributed by atoms with Crippen molar-refractivity contribution < 1.29 is 14.3 Å². The molecule has 4 rings (SSSR count). The molecule has 1 fully saturated rings. The fraction of sp³-hybridized carbons (Fsp3) is 0.389. The topological polar surface area (TPSA) is 73.2 Å². The van der Waals surface area contributed by atoms with Crippen molar-refractivity contribution in [1.82, 2.24) is 15.1 Å². The molecule has 0 spiro atoms. The number of fused-ring (bicyclic) bond motifs is 1. The number of esters is 1. The van der Waals surface area contributed by atoms with Gasteiger partial charge in [-0.15, -0.1) is 0 Å². The normalized spacial score (nSPS) is 19.2. The van der Waals surface area contributed by atoms with Crippen LogP contribution in [-0.4, -0.2) is 34.3 Å². The van der Waals surface area contributed by atoms with Gasteiger partial charge in [-0.05, 0) is 37.8 Å². The van der Waals surface area contributed by atoms with E-state index in [1.165, 1.54) is 0 Å². The Morgan fingerprint density at radius 1 is 1.33 bits per heavy atom. The third-order valence-electron chi connectivity index (χ3n) is 4.68.